The molecular formula is C14H16N2O3. The van der Waals surface area contributed by atoms with Crippen molar-refractivity contribution in [2.75, 3.05) is 6.61 Å². The Morgan fingerprint density at radius 2 is 1.95 bits per heavy atom. The second kappa shape index (κ2) is 5.56. The van der Waals surface area contributed by atoms with Gasteiger partial charge in [-0.2, -0.15) is 0 Å². The molecule has 0 aliphatic rings. The fourth-order valence-corrected chi connectivity index (χ4v) is 1.95. The van der Waals surface area contributed by atoms with Gasteiger partial charge in [0.1, 0.15) is 6.54 Å². The Bertz CT molecular complexity index is 626. The number of esters is 1. The molecule has 0 spiro atoms. The van der Waals surface area contributed by atoms with Gasteiger partial charge < -0.3 is 4.74 Å². The first kappa shape index (κ1) is 13.1. The maximum absolute atomic E-state index is 12.0. The van der Waals surface area contributed by atoms with E-state index in [0.29, 0.717) is 6.61 Å². The fraction of sp³-hybridized carbons (Fsp3) is 0.286. The summed E-state index contributed by atoms with van der Waals surface area (Å²) < 4.78 is 8.02. The van der Waals surface area contributed by atoms with Gasteiger partial charge in [0.25, 0.3) is 5.56 Å². The summed E-state index contributed by atoms with van der Waals surface area (Å²) in [6, 6.07) is 10.7. The van der Waals surface area contributed by atoms with Crippen LogP contribution in [0.25, 0.3) is 5.69 Å². The van der Waals surface area contributed by atoms with Gasteiger partial charge in [0.15, 0.2) is 0 Å². The topological polar surface area (TPSA) is 53.2 Å². The molecule has 5 heteroatoms. The molecule has 19 heavy (non-hydrogen) atoms. The molecule has 0 bridgehead atoms. The molecule has 2 rings (SSSR count). The zero-order valence-electron chi connectivity index (χ0n) is 11.0. The summed E-state index contributed by atoms with van der Waals surface area (Å²) in [4.78, 5) is 23.6. The molecule has 0 fully saturated rings. The molecule has 1 aromatic carbocycles. The van der Waals surface area contributed by atoms with Crippen molar-refractivity contribution in [1.82, 2.24) is 9.36 Å². The average molecular weight is 260 g/mol. The molecule has 0 saturated carbocycles. The molecule has 1 heterocycles. The normalized spacial score (nSPS) is 10.4. The van der Waals surface area contributed by atoms with Crippen LogP contribution in [0.15, 0.2) is 41.2 Å². The van der Waals surface area contributed by atoms with Gasteiger partial charge in [-0.05, 0) is 26.0 Å². The van der Waals surface area contributed by atoms with Crippen LogP contribution in [0, 0.1) is 6.92 Å². The van der Waals surface area contributed by atoms with Crippen LogP contribution in [0.1, 0.15) is 12.6 Å². The molecule has 0 unspecified atom stereocenters. The van der Waals surface area contributed by atoms with Crippen molar-refractivity contribution in [2.24, 2.45) is 0 Å². The van der Waals surface area contributed by atoms with Crippen molar-refractivity contribution in [2.45, 2.75) is 20.4 Å². The quantitative estimate of drug-likeness (QED) is 0.783. The highest BCUT2D eigenvalue weighted by Crippen LogP contribution is 2.07. The van der Waals surface area contributed by atoms with E-state index in [0.717, 1.165) is 11.4 Å². The van der Waals surface area contributed by atoms with Gasteiger partial charge in [-0.1, -0.05) is 18.2 Å². The van der Waals surface area contributed by atoms with Crippen LogP contribution in [0.4, 0.5) is 0 Å². The standard InChI is InChI=1S/C14H16N2O3/c1-3-19-14(18)10-15-11(2)9-13(17)16(15)12-7-5-4-6-8-12/h4-9H,3,10H2,1-2H3. The molecule has 100 valence electrons. The minimum absolute atomic E-state index is 0.0246. The maximum Gasteiger partial charge on any atom is 0.327 e. The molecule has 0 atom stereocenters. The summed E-state index contributed by atoms with van der Waals surface area (Å²) in [5.74, 6) is -0.356. The van der Waals surface area contributed by atoms with Gasteiger partial charge in [-0.15, -0.1) is 0 Å². The third-order valence-electron chi connectivity index (χ3n) is 2.77. The van der Waals surface area contributed by atoms with Crippen LogP contribution >= 0.6 is 0 Å². The van der Waals surface area contributed by atoms with Gasteiger partial charge >= 0.3 is 5.97 Å². The molecule has 0 aliphatic carbocycles. The van der Waals surface area contributed by atoms with E-state index in [9.17, 15) is 9.59 Å². The highest BCUT2D eigenvalue weighted by molar-refractivity contribution is 5.69. The summed E-state index contributed by atoms with van der Waals surface area (Å²) in [5.41, 5.74) is 1.29. The third kappa shape index (κ3) is 2.76. The second-order valence-corrected chi connectivity index (χ2v) is 4.13. The predicted molar refractivity (Wildman–Crippen MR) is 71.4 cm³/mol. The lowest BCUT2D eigenvalue weighted by Gasteiger charge is -2.12. The van der Waals surface area contributed by atoms with E-state index in [-0.39, 0.29) is 18.1 Å². The van der Waals surface area contributed by atoms with Crippen molar-refractivity contribution >= 4 is 5.97 Å². The number of ether oxygens (including phenoxy) is 1. The number of rotatable bonds is 4. The van der Waals surface area contributed by atoms with Crippen LogP contribution in [0.5, 0.6) is 0 Å². The molecule has 0 amide bonds. The number of hydrogen-bond donors (Lipinski definition) is 0. The zero-order valence-corrected chi connectivity index (χ0v) is 11.0. The summed E-state index contributed by atoms with van der Waals surface area (Å²) >= 11 is 0. The molecule has 5 nitrogen and oxygen atoms in total. The van der Waals surface area contributed by atoms with Gasteiger partial charge in [0, 0.05) is 11.8 Å². The number of aryl methyl sites for hydroxylation is 1. The number of para-hydroxylation sites is 1. The van der Waals surface area contributed by atoms with Crippen molar-refractivity contribution in [3.63, 3.8) is 0 Å². The fourth-order valence-electron chi connectivity index (χ4n) is 1.95. The Kier molecular flexibility index (Phi) is 3.85. The average Bonchev–Trinajstić information content (AvgIpc) is 2.65. The highest BCUT2D eigenvalue weighted by Gasteiger charge is 2.13. The first-order valence-corrected chi connectivity index (χ1v) is 6.14. The molecule has 2 aromatic rings. The minimum atomic E-state index is -0.356. The minimum Gasteiger partial charge on any atom is -0.465 e. The molecule has 0 N–H and O–H groups in total. The predicted octanol–water partition coefficient (Wildman–Crippen LogP) is 1.51. The van der Waals surface area contributed by atoms with Crippen LogP contribution in [0.2, 0.25) is 0 Å². The van der Waals surface area contributed by atoms with Crippen molar-refractivity contribution in [3.8, 4) is 5.69 Å². The van der Waals surface area contributed by atoms with Gasteiger partial charge in [-0.3, -0.25) is 14.3 Å². The van der Waals surface area contributed by atoms with E-state index in [4.69, 9.17) is 4.74 Å². The van der Waals surface area contributed by atoms with E-state index in [1.807, 2.05) is 30.3 Å². The zero-order chi connectivity index (χ0) is 13.8. The molecule has 0 radical (unpaired) electrons. The molecule has 1 aromatic heterocycles. The van der Waals surface area contributed by atoms with Crippen molar-refractivity contribution in [3.05, 3.63) is 52.4 Å². The number of aromatic nitrogens is 2. The van der Waals surface area contributed by atoms with E-state index < -0.39 is 0 Å². The first-order chi connectivity index (χ1) is 9.13. The Morgan fingerprint density at radius 3 is 2.58 bits per heavy atom. The number of nitrogens with zero attached hydrogens (tertiary/aromatic N) is 2. The van der Waals surface area contributed by atoms with Crippen molar-refractivity contribution < 1.29 is 9.53 Å². The maximum atomic E-state index is 12.0. The SMILES string of the molecule is CCOC(=O)Cn1c(C)cc(=O)n1-c1ccccc1. The monoisotopic (exact) mass is 260 g/mol. The summed E-state index contributed by atoms with van der Waals surface area (Å²) in [6.45, 7) is 3.90. The number of carbonyl (C=O) groups is 1. The lowest BCUT2D eigenvalue weighted by Crippen LogP contribution is -2.25. The largest absolute Gasteiger partial charge is 0.465 e. The highest BCUT2D eigenvalue weighted by atomic mass is 16.5. The van der Waals surface area contributed by atoms with E-state index in [1.165, 1.54) is 10.7 Å². The van der Waals surface area contributed by atoms with Crippen LogP contribution in [-0.2, 0) is 16.1 Å². The second-order valence-electron chi connectivity index (χ2n) is 4.13. The van der Waals surface area contributed by atoms with Crippen molar-refractivity contribution in [1.29, 1.82) is 0 Å². The van der Waals surface area contributed by atoms with E-state index in [2.05, 4.69) is 0 Å². The van der Waals surface area contributed by atoms with Gasteiger partial charge in [-0.25, -0.2) is 4.68 Å². The Labute approximate surface area is 111 Å². The Balaban J connectivity index is 2.44. The smallest absolute Gasteiger partial charge is 0.327 e. The number of benzene rings is 1. The summed E-state index contributed by atoms with van der Waals surface area (Å²) in [7, 11) is 0. The lowest BCUT2D eigenvalue weighted by atomic mass is 10.3. The summed E-state index contributed by atoms with van der Waals surface area (Å²) in [5, 5.41) is 0. The van der Waals surface area contributed by atoms with Crippen LogP contribution in [0.3, 0.4) is 0 Å². The molecular weight excluding hydrogens is 244 g/mol. The summed E-state index contributed by atoms with van der Waals surface area (Å²) in [6.07, 6.45) is 0. The lowest BCUT2D eigenvalue weighted by molar-refractivity contribution is -0.144. The van der Waals surface area contributed by atoms with E-state index >= 15 is 0 Å². The Morgan fingerprint density at radius 1 is 1.26 bits per heavy atom. The Hall–Kier alpha value is -2.30. The number of hydrogen-bond acceptors (Lipinski definition) is 3. The number of carbonyl (C=O) groups excluding carboxylic acids is 1. The van der Waals surface area contributed by atoms with Gasteiger partial charge in [0.2, 0.25) is 0 Å². The van der Waals surface area contributed by atoms with Gasteiger partial charge in [0.05, 0.1) is 12.3 Å². The molecule has 0 aliphatic heterocycles. The first-order valence-electron chi connectivity index (χ1n) is 6.14. The van der Waals surface area contributed by atoms with Crippen LogP contribution < -0.4 is 5.56 Å². The molecule has 0 saturated heterocycles. The van der Waals surface area contributed by atoms with Crippen LogP contribution in [-0.4, -0.2) is 21.9 Å². The third-order valence-corrected chi connectivity index (χ3v) is 2.77. The van der Waals surface area contributed by atoms with E-state index in [1.54, 1.807) is 18.5 Å².